The van der Waals surface area contributed by atoms with Gasteiger partial charge in [0.25, 0.3) is 0 Å². The number of hydrogen-bond acceptors (Lipinski definition) is 5. The molecule has 6 nitrogen and oxygen atoms in total. The van der Waals surface area contributed by atoms with Gasteiger partial charge < -0.3 is 14.2 Å². The maximum Gasteiger partial charge on any atom is 0.240 e. The number of methoxy groups -OCH3 is 2. The van der Waals surface area contributed by atoms with Crippen molar-refractivity contribution < 1.29 is 27.0 Å². The molecule has 8 heteroatoms. The molecule has 0 bridgehead atoms. The molecule has 2 aromatic rings. The van der Waals surface area contributed by atoms with Crippen molar-refractivity contribution in [3.63, 3.8) is 0 Å². The zero-order chi connectivity index (χ0) is 18.4. The van der Waals surface area contributed by atoms with Gasteiger partial charge in [-0.15, -0.1) is 0 Å². The van der Waals surface area contributed by atoms with Crippen LogP contribution in [0.1, 0.15) is 5.56 Å². The molecule has 0 aliphatic heterocycles. The van der Waals surface area contributed by atoms with Gasteiger partial charge in [-0.1, -0.05) is 0 Å². The lowest BCUT2D eigenvalue weighted by Gasteiger charge is -2.11. The molecule has 25 heavy (non-hydrogen) atoms. The molecule has 0 aromatic heterocycles. The minimum Gasteiger partial charge on any atom is -0.496 e. The van der Waals surface area contributed by atoms with Gasteiger partial charge in [0.05, 0.1) is 19.1 Å². The van der Waals surface area contributed by atoms with Crippen molar-refractivity contribution in [2.24, 2.45) is 0 Å². The Morgan fingerprint density at radius 1 is 1.00 bits per heavy atom. The zero-order valence-corrected chi connectivity index (χ0v) is 15.0. The Labute approximate surface area is 146 Å². The second-order valence-corrected chi connectivity index (χ2v) is 6.97. The molecule has 0 amide bonds. The average molecular weight is 369 g/mol. The van der Waals surface area contributed by atoms with Crippen LogP contribution >= 0.6 is 0 Å². The predicted octanol–water partition coefficient (Wildman–Crippen LogP) is 2.51. The molecular weight excluding hydrogens is 349 g/mol. The smallest absolute Gasteiger partial charge is 0.240 e. The van der Waals surface area contributed by atoms with Crippen LogP contribution in [0, 0.1) is 12.7 Å². The maximum atomic E-state index is 13.2. The Kier molecular flexibility index (Phi) is 6.22. The number of benzene rings is 2. The van der Waals surface area contributed by atoms with E-state index in [-0.39, 0.29) is 23.6 Å². The first kappa shape index (κ1) is 19.0. The van der Waals surface area contributed by atoms with Crippen molar-refractivity contribution >= 4 is 10.0 Å². The van der Waals surface area contributed by atoms with Crippen molar-refractivity contribution in [1.29, 1.82) is 0 Å². The first-order valence-corrected chi connectivity index (χ1v) is 8.95. The van der Waals surface area contributed by atoms with Crippen molar-refractivity contribution in [3.05, 3.63) is 47.8 Å². The van der Waals surface area contributed by atoms with Gasteiger partial charge in [0, 0.05) is 24.7 Å². The molecule has 0 spiro atoms. The highest BCUT2D eigenvalue weighted by Gasteiger charge is 2.14. The first-order chi connectivity index (χ1) is 11.9. The van der Waals surface area contributed by atoms with Crippen molar-refractivity contribution in [2.45, 2.75) is 11.8 Å². The average Bonchev–Trinajstić information content (AvgIpc) is 2.60. The summed E-state index contributed by atoms with van der Waals surface area (Å²) in [7, 11) is -0.675. The molecule has 0 aliphatic rings. The third-order valence-corrected chi connectivity index (χ3v) is 4.89. The third kappa shape index (κ3) is 5.07. The number of hydrogen-bond donors (Lipinski definition) is 1. The first-order valence-electron chi connectivity index (χ1n) is 7.47. The van der Waals surface area contributed by atoms with Crippen LogP contribution in [-0.4, -0.2) is 35.8 Å². The van der Waals surface area contributed by atoms with Crippen LogP contribution in [0.4, 0.5) is 4.39 Å². The number of nitrogens with one attached hydrogen (secondary N) is 1. The van der Waals surface area contributed by atoms with Crippen LogP contribution in [-0.2, 0) is 10.0 Å². The summed E-state index contributed by atoms with van der Waals surface area (Å²) in [4.78, 5) is 0.00875. The summed E-state index contributed by atoms with van der Waals surface area (Å²) >= 11 is 0. The lowest BCUT2D eigenvalue weighted by Crippen LogP contribution is -2.28. The minimum atomic E-state index is -3.73. The Morgan fingerprint density at radius 2 is 1.60 bits per heavy atom. The summed E-state index contributed by atoms with van der Waals surface area (Å²) in [6.07, 6.45) is 0. The molecule has 0 saturated carbocycles. The number of halogens is 1. The van der Waals surface area contributed by atoms with Gasteiger partial charge in [0.1, 0.15) is 29.7 Å². The lowest BCUT2D eigenvalue weighted by molar-refractivity contribution is 0.316. The van der Waals surface area contributed by atoms with E-state index in [4.69, 9.17) is 14.2 Å². The normalized spacial score (nSPS) is 11.2. The predicted molar refractivity (Wildman–Crippen MR) is 91.4 cm³/mol. The van der Waals surface area contributed by atoms with E-state index in [2.05, 4.69) is 4.72 Å². The van der Waals surface area contributed by atoms with Crippen LogP contribution in [0.15, 0.2) is 41.3 Å². The molecule has 2 rings (SSSR count). The van der Waals surface area contributed by atoms with Crippen LogP contribution < -0.4 is 18.9 Å². The highest BCUT2D eigenvalue weighted by molar-refractivity contribution is 7.89. The molecule has 136 valence electrons. The second kappa shape index (κ2) is 8.17. The Morgan fingerprint density at radius 3 is 2.16 bits per heavy atom. The molecule has 0 radical (unpaired) electrons. The van der Waals surface area contributed by atoms with Gasteiger partial charge in [-0.3, -0.25) is 0 Å². The van der Waals surface area contributed by atoms with E-state index in [0.29, 0.717) is 17.2 Å². The number of aryl methyl sites for hydroxylation is 1. The van der Waals surface area contributed by atoms with Crippen LogP contribution in [0.5, 0.6) is 17.2 Å². The largest absolute Gasteiger partial charge is 0.496 e. The fourth-order valence-corrected chi connectivity index (χ4v) is 3.18. The van der Waals surface area contributed by atoms with Crippen LogP contribution in [0.2, 0.25) is 0 Å². The highest BCUT2D eigenvalue weighted by atomic mass is 32.2. The fourth-order valence-electron chi connectivity index (χ4n) is 2.08. The summed E-state index contributed by atoms with van der Waals surface area (Å²) in [5.41, 5.74) is 0.266. The number of sulfonamides is 1. The summed E-state index contributed by atoms with van der Waals surface area (Å²) < 4.78 is 55.8. The van der Waals surface area contributed by atoms with Gasteiger partial charge in [0.15, 0.2) is 0 Å². The van der Waals surface area contributed by atoms with Crippen molar-refractivity contribution in [1.82, 2.24) is 4.72 Å². The summed E-state index contributed by atoms with van der Waals surface area (Å²) in [6, 6.07) is 8.67. The third-order valence-electron chi connectivity index (χ3n) is 3.43. The molecule has 0 heterocycles. The Bertz CT molecular complexity index is 817. The van der Waals surface area contributed by atoms with E-state index in [1.165, 1.54) is 33.3 Å². The van der Waals surface area contributed by atoms with E-state index in [9.17, 15) is 12.8 Å². The lowest BCUT2D eigenvalue weighted by atomic mass is 10.2. The van der Waals surface area contributed by atoms with Gasteiger partial charge in [-0.25, -0.2) is 17.5 Å². The Balaban J connectivity index is 1.95. The molecule has 0 atom stereocenters. The molecule has 2 aromatic carbocycles. The topological polar surface area (TPSA) is 73.9 Å². The van der Waals surface area contributed by atoms with Crippen LogP contribution in [0.25, 0.3) is 0 Å². The van der Waals surface area contributed by atoms with E-state index in [0.717, 1.165) is 6.07 Å². The van der Waals surface area contributed by atoms with E-state index in [1.54, 1.807) is 18.2 Å². The van der Waals surface area contributed by atoms with Crippen molar-refractivity contribution in [2.75, 3.05) is 27.4 Å². The fraction of sp³-hybridized carbons (Fsp3) is 0.294. The van der Waals surface area contributed by atoms with Gasteiger partial charge in [-0.05, 0) is 30.7 Å². The molecule has 0 saturated heterocycles. The second-order valence-electron chi connectivity index (χ2n) is 5.21. The van der Waals surface area contributed by atoms with E-state index < -0.39 is 15.8 Å². The van der Waals surface area contributed by atoms with Gasteiger partial charge in [-0.2, -0.15) is 0 Å². The number of ether oxygens (including phenoxy) is 3. The van der Waals surface area contributed by atoms with Crippen molar-refractivity contribution in [3.8, 4) is 17.2 Å². The quantitative estimate of drug-likeness (QED) is 0.724. The molecule has 0 fully saturated rings. The highest BCUT2D eigenvalue weighted by Crippen LogP contribution is 2.27. The monoisotopic (exact) mass is 369 g/mol. The standard InChI is InChI=1S/C17H20FNO5S/c1-12-8-16(4-5-17(12)18)25(20,21)19-6-7-24-15-10-13(22-2)9-14(11-15)23-3/h4-5,8-11,19H,6-7H2,1-3H3. The van der Waals surface area contributed by atoms with Crippen LogP contribution in [0.3, 0.4) is 0 Å². The van der Waals surface area contributed by atoms with Gasteiger partial charge >= 0.3 is 0 Å². The van der Waals surface area contributed by atoms with E-state index >= 15 is 0 Å². The summed E-state index contributed by atoms with van der Waals surface area (Å²) in [5, 5.41) is 0. The molecule has 0 aliphatic carbocycles. The summed E-state index contributed by atoms with van der Waals surface area (Å²) in [5.74, 6) is 1.18. The van der Waals surface area contributed by atoms with Gasteiger partial charge in [0.2, 0.25) is 10.0 Å². The molecular formula is C17H20FNO5S. The maximum absolute atomic E-state index is 13.2. The SMILES string of the molecule is COc1cc(OC)cc(OCCNS(=O)(=O)c2ccc(F)c(C)c2)c1. The van der Waals surface area contributed by atoms with E-state index in [1.807, 2.05) is 0 Å². The number of rotatable bonds is 8. The summed E-state index contributed by atoms with van der Waals surface area (Å²) in [6.45, 7) is 1.67. The zero-order valence-electron chi connectivity index (χ0n) is 14.2. The minimum absolute atomic E-state index is 0.00875. The molecule has 0 unspecified atom stereocenters. The Hall–Kier alpha value is -2.32. The molecule has 1 N–H and O–H groups in total.